The summed E-state index contributed by atoms with van der Waals surface area (Å²) in [6.45, 7) is 7.81. The van der Waals surface area contributed by atoms with Gasteiger partial charge in [0, 0.05) is 5.41 Å². The van der Waals surface area contributed by atoms with Crippen LogP contribution in [0.15, 0.2) is 30.9 Å². The molecule has 0 aromatic heterocycles. The van der Waals surface area contributed by atoms with Crippen LogP contribution in [-0.2, 0) is 18.6 Å². The number of allylic oxidation sites excluding steroid dienone is 1. The van der Waals surface area contributed by atoms with E-state index in [2.05, 4.69) is 6.58 Å². The van der Waals surface area contributed by atoms with E-state index in [4.69, 9.17) is 0 Å². The summed E-state index contributed by atoms with van der Waals surface area (Å²) >= 11 is 0. The van der Waals surface area contributed by atoms with Gasteiger partial charge in [0.2, 0.25) is 0 Å². The standard InChI is InChI=1S/C13H18O2/c1-4-13(2,3)12-10(8-14)6-5-7-11(12)9-15/h4-7,14-15H,1,8-9H2,2-3H3. The molecule has 1 rings (SSSR count). The molecular formula is C13H18O2. The van der Waals surface area contributed by atoms with Crippen molar-refractivity contribution < 1.29 is 10.2 Å². The second kappa shape index (κ2) is 4.60. The summed E-state index contributed by atoms with van der Waals surface area (Å²) in [7, 11) is 0. The lowest BCUT2D eigenvalue weighted by atomic mass is 9.79. The maximum Gasteiger partial charge on any atom is 0.0684 e. The maximum absolute atomic E-state index is 9.28. The third-order valence-corrected chi connectivity index (χ3v) is 2.73. The van der Waals surface area contributed by atoms with E-state index in [-0.39, 0.29) is 18.6 Å². The quantitative estimate of drug-likeness (QED) is 0.741. The molecule has 1 aromatic carbocycles. The van der Waals surface area contributed by atoms with Crippen molar-refractivity contribution in [3.8, 4) is 0 Å². The first-order valence-corrected chi connectivity index (χ1v) is 5.03. The number of aliphatic hydroxyl groups excluding tert-OH is 2. The van der Waals surface area contributed by atoms with Crippen LogP contribution in [0.2, 0.25) is 0 Å². The van der Waals surface area contributed by atoms with Crippen molar-refractivity contribution in [1.82, 2.24) is 0 Å². The van der Waals surface area contributed by atoms with Gasteiger partial charge in [0.1, 0.15) is 0 Å². The van der Waals surface area contributed by atoms with Crippen LogP contribution in [0.1, 0.15) is 30.5 Å². The van der Waals surface area contributed by atoms with E-state index in [1.807, 2.05) is 38.1 Å². The zero-order valence-corrected chi connectivity index (χ0v) is 9.33. The van der Waals surface area contributed by atoms with Crippen LogP contribution >= 0.6 is 0 Å². The Morgan fingerprint density at radius 3 is 2.00 bits per heavy atom. The molecule has 0 fully saturated rings. The molecule has 82 valence electrons. The van der Waals surface area contributed by atoms with Crippen LogP contribution in [0.3, 0.4) is 0 Å². The van der Waals surface area contributed by atoms with Gasteiger partial charge >= 0.3 is 0 Å². The van der Waals surface area contributed by atoms with Crippen LogP contribution in [0.4, 0.5) is 0 Å². The molecule has 2 nitrogen and oxygen atoms in total. The third kappa shape index (κ3) is 2.28. The van der Waals surface area contributed by atoms with E-state index in [9.17, 15) is 10.2 Å². The van der Waals surface area contributed by atoms with Gasteiger partial charge in [-0.15, -0.1) is 6.58 Å². The Hall–Kier alpha value is -1.12. The molecule has 0 unspecified atom stereocenters. The molecule has 2 heteroatoms. The highest BCUT2D eigenvalue weighted by molar-refractivity contribution is 5.42. The van der Waals surface area contributed by atoms with Crippen LogP contribution in [0, 0.1) is 0 Å². The van der Waals surface area contributed by atoms with Crippen molar-refractivity contribution >= 4 is 0 Å². The number of aliphatic hydroxyl groups is 2. The third-order valence-electron chi connectivity index (χ3n) is 2.73. The van der Waals surface area contributed by atoms with Crippen molar-refractivity contribution in [3.05, 3.63) is 47.5 Å². The Balaban J connectivity index is 3.40. The Kier molecular flexibility index (Phi) is 3.66. The van der Waals surface area contributed by atoms with E-state index < -0.39 is 0 Å². The van der Waals surface area contributed by atoms with E-state index in [0.29, 0.717) is 0 Å². The minimum atomic E-state index is -0.239. The summed E-state index contributed by atoms with van der Waals surface area (Å²) in [5, 5.41) is 18.6. The largest absolute Gasteiger partial charge is 0.392 e. The predicted octanol–water partition coefficient (Wildman–Crippen LogP) is 2.13. The summed E-state index contributed by atoms with van der Waals surface area (Å²) < 4.78 is 0. The lowest BCUT2D eigenvalue weighted by Gasteiger charge is -2.26. The molecule has 0 saturated carbocycles. The summed E-state index contributed by atoms with van der Waals surface area (Å²) in [5.74, 6) is 0. The van der Waals surface area contributed by atoms with Crippen LogP contribution in [0.25, 0.3) is 0 Å². The molecule has 0 aliphatic carbocycles. The highest BCUT2D eigenvalue weighted by Gasteiger charge is 2.22. The fourth-order valence-corrected chi connectivity index (χ4v) is 1.85. The molecule has 0 aliphatic heterocycles. The fourth-order valence-electron chi connectivity index (χ4n) is 1.85. The molecule has 0 atom stereocenters. The molecule has 0 radical (unpaired) electrons. The summed E-state index contributed by atoms with van der Waals surface area (Å²) in [4.78, 5) is 0. The Morgan fingerprint density at radius 1 is 1.20 bits per heavy atom. The smallest absolute Gasteiger partial charge is 0.0684 e. The van der Waals surface area contributed by atoms with Crippen molar-refractivity contribution in [2.75, 3.05) is 0 Å². The molecule has 0 amide bonds. The molecule has 1 aromatic rings. The lowest BCUT2D eigenvalue weighted by Crippen LogP contribution is -2.18. The normalized spacial score (nSPS) is 11.5. The van der Waals surface area contributed by atoms with Gasteiger partial charge in [-0.25, -0.2) is 0 Å². The van der Waals surface area contributed by atoms with Gasteiger partial charge in [-0.05, 0) is 16.7 Å². The lowest BCUT2D eigenvalue weighted by molar-refractivity contribution is 0.270. The van der Waals surface area contributed by atoms with Crippen LogP contribution in [0.5, 0.6) is 0 Å². The highest BCUT2D eigenvalue weighted by Crippen LogP contribution is 2.31. The number of benzene rings is 1. The van der Waals surface area contributed by atoms with E-state index in [1.54, 1.807) is 0 Å². The average molecular weight is 206 g/mol. The van der Waals surface area contributed by atoms with E-state index in [1.165, 1.54) is 0 Å². The van der Waals surface area contributed by atoms with Crippen molar-refractivity contribution in [3.63, 3.8) is 0 Å². The zero-order chi connectivity index (χ0) is 11.5. The second-order valence-electron chi connectivity index (χ2n) is 4.19. The first kappa shape index (κ1) is 12.0. The monoisotopic (exact) mass is 206 g/mol. The molecule has 15 heavy (non-hydrogen) atoms. The molecule has 0 saturated heterocycles. The van der Waals surface area contributed by atoms with Gasteiger partial charge in [0.25, 0.3) is 0 Å². The first-order chi connectivity index (χ1) is 7.06. The fraction of sp³-hybridized carbons (Fsp3) is 0.385. The van der Waals surface area contributed by atoms with Gasteiger partial charge < -0.3 is 10.2 Å². The molecule has 0 spiro atoms. The number of rotatable bonds is 4. The molecule has 0 aliphatic rings. The van der Waals surface area contributed by atoms with Gasteiger partial charge in [-0.2, -0.15) is 0 Å². The predicted molar refractivity (Wildman–Crippen MR) is 61.5 cm³/mol. The molecule has 0 heterocycles. The average Bonchev–Trinajstić information content (AvgIpc) is 2.27. The minimum Gasteiger partial charge on any atom is -0.392 e. The Labute approximate surface area is 90.9 Å². The number of hydrogen-bond donors (Lipinski definition) is 2. The van der Waals surface area contributed by atoms with Crippen LogP contribution < -0.4 is 0 Å². The van der Waals surface area contributed by atoms with Gasteiger partial charge in [0.15, 0.2) is 0 Å². The van der Waals surface area contributed by atoms with Crippen molar-refractivity contribution in [2.24, 2.45) is 0 Å². The molecule has 2 N–H and O–H groups in total. The van der Waals surface area contributed by atoms with Gasteiger partial charge in [-0.3, -0.25) is 0 Å². The second-order valence-corrected chi connectivity index (χ2v) is 4.19. The zero-order valence-electron chi connectivity index (χ0n) is 9.33. The van der Waals surface area contributed by atoms with E-state index in [0.717, 1.165) is 16.7 Å². The van der Waals surface area contributed by atoms with Gasteiger partial charge in [0.05, 0.1) is 13.2 Å². The van der Waals surface area contributed by atoms with Crippen molar-refractivity contribution in [2.45, 2.75) is 32.5 Å². The summed E-state index contributed by atoms with van der Waals surface area (Å²) in [6, 6.07) is 5.60. The number of hydrogen-bond acceptors (Lipinski definition) is 2. The van der Waals surface area contributed by atoms with Gasteiger partial charge in [-0.1, -0.05) is 38.1 Å². The minimum absolute atomic E-state index is 0.0134. The van der Waals surface area contributed by atoms with Crippen molar-refractivity contribution in [1.29, 1.82) is 0 Å². The molecule has 0 bridgehead atoms. The topological polar surface area (TPSA) is 40.5 Å². The first-order valence-electron chi connectivity index (χ1n) is 5.03. The Morgan fingerprint density at radius 2 is 1.67 bits per heavy atom. The highest BCUT2D eigenvalue weighted by atomic mass is 16.3. The molecular weight excluding hydrogens is 188 g/mol. The van der Waals surface area contributed by atoms with Crippen LogP contribution in [-0.4, -0.2) is 10.2 Å². The maximum atomic E-state index is 9.28. The summed E-state index contributed by atoms with van der Waals surface area (Å²) in [5.41, 5.74) is 2.44. The Bertz CT molecular complexity index is 331. The SMILES string of the molecule is C=CC(C)(C)c1c(CO)cccc1CO. The van der Waals surface area contributed by atoms with E-state index >= 15 is 0 Å². The summed E-state index contributed by atoms with van der Waals surface area (Å²) in [6.07, 6.45) is 1.83.